The Bertz CT molecular complexity index is 406. The zero-order valence-corrected chi connectivity index (χ0v) is 9.00. The number of allylic oxidation sites excluding steroid dienone is 2. The topological polar surface area (TPSA) is 42.7 Å². The van der Waals surface area contributed by atoms with Gasteiger partial charge in [-0.2, -0.15) is 0 Å². The highest BCUT2D eigenvalue weighted by atomic mass is 16.5. The second kappa shape index (κ2) is 4.70. The number of hydrogen-bond donors (Lipinski definition) is 0. The number of rotatable bonds is 1. The minimum atomic E-state index is -0.396. The van der Waals surface area contributed by atoms with E-state index in [1.54, 1.807) is 18.7 Å². The molecule has 16 heavy (non-hydrogen) atoms. The highest BCUT2D eigenvalue weighted by Gasteiger charge is 2.15. The van der Waals surface area contributed by atoms with Crippen LogP contribution in [0, 0.1) is 0 Å². The molecule has 0 spiro atoms. The molecular weight excluding hydrogens is 206 g/mol. The van der Waals surface area contributed by atoms with Crippen LogP contribution in [0.1, 0.15) is 18.1 Å². The standard InChI is InChI=1S/C12H13NO3/c1-15-12(14)13-7-2-4-10(6-8-13)11-5-3-9-16-11/h2-3,5-10H,4H2,1H3. The minimum absolute atomic E-state index is 0.168. The Morgan fingerprint density at radius 2 is 2.44 bits per heavy atom. The number of carbonyl (C=O) groups is 1. The maximum Gasteiger partial charge on any atom is 0.417 e. The van der Waals surface area contributed by atoms with Crippen LogP contribution < -0.4 is 0 Å². The van der Waals surface area contributed by atoms with Gasteiger partial charge >= 0.3 is 6.09 Å². The van der Waals surface area contributed by atoms with Crippen LogP contribution in [0.25, 0.3) is 0 Å². The van der Waals surface area contributed by atoms with Gasteiger partial charge in [0, 0.05) is 18.3 Å². The zero-order chi connectivity index (χ0) is 11.4. The summed E-state index contributed by atoms with van der Waals surface area (Å²) >= 11 is 0. The van der Waals surface area contributed by atoms with E-state index < -0.39 is 6.09 Å². The minimum Gasteiger partial charge on any atom is -0.469 e. The van der Waals surface area contributed by atoms with Crippen LogP contribution in [0.2, 0.25) is 0 Å². The molecule has 1 unspecified atom stereocenters. The molecule has 1 aliphatic heterocycles. The van der Waals surface area contributed by atoms with Gasteiger partial charge in [0.25, 0.3) is 0 Å². The van der Waals surface area contributed by atoms with Gasteiger partial charge in [0.15, 0.2) is 0 Å². The molecule has 1 aromatic rings. The lowest BCUT2D eigenvalue weighted by atomic mass is 10.0. The van der Waals surface area contributed by atoms with Gasteiger partial charge in [-0.1, -0.05) is 12.2 Å². The van der Waals surface area contributed by atoms with E-state index in [4.69, 9.17) is 4.42 Å². The van der Waals surface area contributed by atoms with E-state index in [1.807, 2.05) is 24.3 Å². The van der Waals surface area contributed by atoms with Crippen LogP contribution in [-0.4, -0.2) is 18.1 Å². The summed E-state index contributed by atoms with van der Waals surface area (Å²) in [6, 6.07) is 3.78. The first-order valence-electron chi connectivity index (χ1n) is 5.06. The van der Waals surface area contributed by atoms with Crippen molar-refractivity contribution in [3.05, 3.63) is 48.7 Å². The molecule has 0 saturated carbocycles. The van der Waals surface area contributed by atoms with Crippen molar-refractivity contribution in [2.75, 3.05) is 7.11 Å². The van der Waals surface area contributed by atoms with Crippen molar-refractivity contribution in [2.45, 2.75) is 12.3 Å². The highest BCUT2D eigenvalue weighted by molar-refractivity contribution is 5.70. The molecule has 0 N–H and O–H groups in total. The predicted molar refractivity (Wildman–Crippen MR) is 58.6 cm³/mol. The molecule has 4 heteroatoms. The number of carbonyl (C=O) groups excluding carboxylic acids is 1. The van der Waals surface area contributed by atoms with Crippen molar-refractivity contribution in [3.63, 3.8) is 0 Å². The maximum atomic E-state index is 11.3. The molecule has 1 aliphatic rings. The van der Waals surface area contributed by atoms with E-state index in [1.165, 1.54) is 12.0 Å². The van der Waals surface area contributed by atoms with Gasteiger partial charge in [-0.25, -0.2) is 4.79 Å². The Hall–Kier alpha value is -1.97. The summed E-state index contributed by atoms with van der Waals surface area (Å²) in [6.45, 7) is 0. The van der Waals surface area contributed by atoms with Crippen molar-refractivity contribution in [2.24, 2.45) is 0 Å². The summed E-state index contributed by atoms with van der Waals surface area (Å²) in [7, 11) is 1.36. The first kappa shape index (κ1) is 10.5. The third kappa shape index (κ3) is 2.16. The van der Waals surface area contributed by atoms with Gasteiger partial charge < -0.3 is 9.15 Å². The average Bonchev–Trinajstić information content (AvgIpc) is 2.73. The summed E-state index contributed by atoms with van der Waals surface area (Å²) in [5.41, 5.74) is 0. The zero-order valence-electron chi connectivity index (χ0n) is 9.00. The fraction of sp³-hybridized carbons (Fsp3) is 0.250. The van der Waals surface area contributed by atoms with Gasteiger partial charge in [-0.15, -0.1) is 0 Å². The summed E-state index contributed by atoms with van der Waals surface area (Å²) in [4.78, 5) is 12.7. The van der Waals surface area contributed by atoms with E-state index in [2.05, 4.69) is 4.74 Å². The second-order valence-corrected chi connectivity index (χ2v) is 3.46. The average molecular weight is 219 g/mol. The lowest BCUT2D eigenvalue weighted by molar-refractivity contribution is 0.152. The highest BCUT2D eigenvalue weighted by Crippen LogP contribution is 2.24. The lowest BCUT2D eigenvalue weighted by Gasteiger charge is -2.09. The van der Waals surface area contributed by atoms with Crippen LogP contribution in [0.15, 0.2) is 47.4 Å². The summed E-state index contributed by atoms with van der Waals surface area (Å²) in [6.07, 6.45) is 9.30. The summed E-state index contributed by atoms with van der Waals surface area (Å²) in [5, 5.41) is 0. The molecule has 1 atom stereocenters. The number of ether oxygens (including phenoxy) is 1. The Balaban J connectivity index is 2.13. The van der Waals surface area contributed by atoms with E-state index in [-0.39, 0.29) is 5.92 Å². The van der Waals surface area contributed by atoms with Crippen molar-refractivity contribution in [3.8, 4) is 0 Å². The monoisotopic (exact) mass is 219 g/mol. The fourth-order valence-electron chi connectivity index (χ4n) is 1.59. The molecule has 0 saturated heterocycles. The number of amides is 1. The number of furan rings is 1. The first-order chi connectivity index (χ1) is 7.81. The van der Waals surface area contributed by atoms with Crippen molar-refractivity contribution >= 4 is 6.09 Å². The molecule has 0 bridgehead atoms. The van der Waals surface area contributed by atoms with Crippen molar-refractivity contribution in [1.82, 2.24) is 4.90 Å². The van der Waals surface area contributed by atoms with Gasteiger partial charge in [0.1, 0.15) is 5.76 Å². The molecule has 4 nitrogen and oxygen atoms in total. The van der Waals surface area contributed by atoms with Crippen molar-refractivity contribution < 1.29 is 13.9 Å². The molecule has 1 aromatic heterocycles. The molecule has 0 fully saturated rings. The fourth-order valence-corrected chi connectivity index (χ4v) is 1.59. The SMILES string of the molecule is COC(=O)N1C=CCC(c2ccco2)C=C1. The second-order valence-electron chi connectivity index (χ2n) is 3.46. The van der Waals surface area contributed by atoms with Crippen LogP contribution in [0.5, 0.6) is 0 Å². The maximum absolute atomic E-state index is 11.3. The molecule has 0 aromatic carbocycles. The Morgan fingerprint density at radius 3 is 3.12 bits per heavy atom. The number of nitrogens with zero attached hydrogens (tertiary/aromatic N) is 1. The molecule has 0 aliphatic carbocycles. The molecule has 2 rings (SSSR count). The van der Waals surface area contributed by atoms with Gasteiger partial charge in [-0.05, 0) is 18.6 Å². The number of methoxy groups -OCH3 is 1. The summed E-state index contributed by atoms with van der Waals surface area (Å²) < 4.78 is 9.96. The molecule has 2 heterocycles. The summed E-state index contributed by atoms with van der Waals surface area (Å²) in [5.74, 6) is 1.06. The first-order valence-corrected chi connectivity index (χ1v) is 5.06. The smallest absolute Gasteiger partial charge is 0.417 e. The van der Waals surface area contributed by atoms with Crippen LogP contribution in [0.3, 0.4) is 0 Å². The normalized spacial score (nSPS) is 19.6. The Kier molecular flexibility index (Phi) is 3.10. The van der Waals surface area contributed by atoms with Gasteiger partial charge in [-0.3, -0.25) is 4.90 Å². The quantitative estimate of drug-likeness (QED) is 0.729. The Labute approximate surface area is 93.8 Å². The van der Waals surface area contributed by atoms with Crippen LogP contribution in [0.4, 0.5) is 4.79 Å². The largest absolute Gasteiger partial charge is 0.469 e. The van der Waals surface area contributed by atoms with E-state index >= 15 is 0 Å². The van der Waals surface area contributed by atoms with Crippen LogP contribution >= 0.6 is 0 Å². The van der Waals surface area contributed by atoms with E-state index in [9.17, 15) is 4.79 Å². The third-order valence-corrected chi connectivity index (χ3v) is 2.43. The molecular formula is C12H13NO3. The lowest BCUT2D eigenvalue weighted by Crippen LogP contribution is -2.18. The van der Waals surface area contributed by atoms with Crippen molar-refractivity contribution in [1.29, 1.82) is 0 Å². The third-order valence-electron chi connectivity index (χ3n) is 2.43. The molecule has 1 amide bonds. The van der Waals surface area contributed by atoms with E-state index in [0.717, 1.165) is 12.2 Å². The van der Waals surface area contributed by atoms with E-state index in [0.29, 0.717) is 0 Å². The van der Waals surface area contributed by atoms with Gasteiger partial charge in [0.05, 0.1) is 13.4 Å². The Morgan fingerprint density at radius 1 is 1.56 bits per heavy atom. The van der Waals surface area contributed by atoms with Crippen LogP contribution in [-0.2, 0) is 4.74 Å². The molecule has 0 radical (unpaired) electrons. The van der Waals surface area contributed by atoms with Gasteiger partial charge in [0.2, 0.25) is 0 Å². The molecule has 84 valence electrons. The number of hydrogen-bond acceptors (Lipinski definition) is 3. The predicted octanol–water partition coefficient (Wildman–Crippen LogP) is 2.86.